The zero-order valence-corrected chi connectivity index (χ0v) is 14.3. The Morgan fingerprint density at radius 1 is 1.07 bits per heavy atom. The van der Waals surface area contributed by atoms with Gasteiger partial charge in [0.25, 0.3) is 6.43 Å². The minimum absolute atomic E-state index is 0.0676. The van der Waals surface area contributed by atoms with Gasteiger partial charge in [0.2, 0.25) is 0 Å². The number of carboxylic acids is 1. The summed E-state index contributed by atoms with van der Waals surface area (Å²) in [6.45, 7) is -1.02. The lowest BCUT2D eigenvalue weighted by Crippen LogP contribution is -2.65. The summed E-state index contributed by atoms with van der Waals surface area (Å²) in [6.07, 6.45) is -3.80. The number of benzene rings is 2. The lowest BCUT2D eigenvalue weighted by atomic mass is 9.80. The molecular weight excluding hydrogens is 356 g/mol. The summed E-state index contributed by atoms with van der Waals surface area (Å²) in [5, 5.41) is 9.02. The molecule has 0 radical (unpaired) electrons. The monoisotopic (exact) mass is 373 g/mol. The normalized spacial score (nSPS) is 17.2. The highest BCUT2D eigenvalue weighted by molar-refractivity contribution is 5.81. The molecule has 5 nitrogen and oxygen atoms in total. The third-order valence-corrected chi connectivity index (χ3v) is 5.38. The topological polar surface area (TPSA) is 66.8 Å². The highest BCUT2D eigenvalue weighted by Gasteiger charge is 2.58. The largest absolute Gasteiger partial charge is 0.481 e. The van der Waals surface area contributed by atoms with Gasteiger partial charge in [-0.15, -0.1) is 0 Å². The van der Waals surface area contributed by atoms with Crippen LogP contribution in [0.15, 0.2) is 48.5 Å². The van der Waals surface area contributed by atoms with Gasteiger partial charge in [0, 0.05) is 19.0 Å². The van der Waals surface area contributed by atoms with E-state index < -0.39 is 37.0 Å². The van der Waals surface area contributed by atoms with Crippen LogP contribution in [0.25, 0.3) is 11.1 Å². The van der Waals surface area contributed by atoms with Crippen LogP contribution in [-0.2, 0) is 9.53 Å². The molecule has 1 saturated heterocycles. The van der Waals surface area contributed by atoms with Crippen LogP contribution < -0.4 is 0 Å². The molecule has 27 heavy (non-hydrogen) atoms. The maximum Gasteiger partial charge on any atom is 0.409 e. The van der Waals surface area contributed by atoms with Crippen LogP contribution in [0.1, 0.15) is 17.0 Å². The molecule has 2 aliphatic rings. The SMILES string of the molecule is O=C(OCC1c2ccccc2-c2ccccc21)N1CC(C(=O)O)(C(F)F)C1. The Kier molecular flexibility index (Phi) is 4.09. The lowest BCUT2D eigenvalue weighted by molar-refractivity contribution is -0.176. The molecule has 1 aliphatic carbocycles. The Morgan fingerprint density at radius 3 is 2.07 bits per heavy atom. The smallest absolute Gasteiger partial charge is 0.409 e. The fourth-order valence-electron chi connectivity index (χ4n) is 3.82. The predicted molar refractivity (Wildman–Crippen MR) is 92.7 cm³/mol. The number of carboxylic acid groups (broad SMARTS) is 1. The average molecular weight is 373 g/mol. The molecule has 0 atom stereocenters. The van der Waals surface area contributed by atoms with Gasteiger partial charge in [0.15, 0.2) is 5.41 Å². The summed E-state index contributed by atoms with van der Waals surface area (Å²) < 4.78 is 31.4. The first kappa shape index (κ1) is 17.5. The van der Waals surface area contributed by atoms with Crippen LogP contribution in [-0.4, -0.2) is 48.2 Å². The Hall–Kier alpha value is -2.96. The van der Waals surface area contributed by atoms with Crippen LogP contribution in [0.3, 0.4) is 0 Å². The zero-order valence-electron chi connectivity index (χ0n) is 14.3. The number of carbonyl (C=O) groups excluding carboxylic acids is 1. The maximum atomic E-state index is 13.0. The van der Waals surface area contributed by atoms with Gasteiger partial charge in [-0.05, 0) is 22.3 Å². The molecule has 4 rings (SSSR count). The van der Waals surface area contributed by atoms with Gasteiger partial charge in [0.05, 0.1) is 0 Å². The van der Waals surface area contributed by atoms with Crippen molar-refractivity contribution in [1.82, 2.24) is 4.90 Å². The summed E-state index contributed by atoms with van der Waals surface area (Å²) in [4.78, 5) is 24.3. The Balaban J connectivity index is 1.46. The van der Waals surface area contributed by atoms with E-state index in [1.54, 1.807) is 0 Å². The van der Waals surface area contributed by atoms with Crippen LogP contribution in [0.4, 0.5) is 13.6 Å². The number of likely N-dealkylation sites (tertiary alicyclic amines) is 1. The molecule has 1 amide bonds. The van der Waals surface area contributed by atoms with E-state index in [-0.39, 0.29) is 12.5 Å². The summed E-state index contributed by atoms with van der Waals surface area (Å²) in [7, 11) is 0. The van der Waals surface area contributed by atoms with E-state index in [4.69, 9.17) is 9.84 Å². The van der Waals surface area contributed by atoms with Gasteiger partial charge < -0.3 is 14.7 Å². The van der Waals surface area contributed by atoms with Crippen LogP contribution in [0.2, 0.25) is 0 Å². The highest BCUT2D eigenvalue weighted by atomic mass is 19.3. The predicted octanol–water partition coefficient (Wildman–Crippen LogP) is 3.59. The number of nitrogens with zero attached hydrogens (tertiary/aromatic N) is 1. The van der Waals surface area contributed by atoms with Crippen molar-refractivity contribution in [3.05, 3.63) is 59.7 Å². The highest BCUT2D eigenvalue weighted by Crippen LogP contribution is 2.45. The van der Waals surface area contributed by atoms with Crippen LogP contribution in [0.5, 0.6) is 0 Å². The summed E-state index contributed by atoms with van der Waals surface area (Å²) in [6, 6.07) is 15.7. The molecule has 1 aliphatic heterocycles. The van der Waals surface area contributed by atoms with Crippen molar-refractivity contribution in [2.75, 3.05) is 19.7 Å². The molecule has 0 aromatic heterocycles. The standard InChI is InChI=1S/C20H17F2NO4/c21-17(22)20(18(24)25)10-23(11-20)19(26)27-9-16-14-7-3-1-5-12(14)13-6-2-4-8-15(13)16/h1-8,16-17H,9-11H2,(H,24,25). The molecule has 0 saturated carbocycles. The third kappa shape index (κ3) is 2.65. The van der Waals surface area contributed by atoms with Gasteiger partial charge in [-0.2, -0.15) is 0 Å². The molecule has 1 N–H and O–H groups in total. The molecule has 1 fully saturated rings. The first-order valence-corrected chi connectivity index (χ1v) is 8.55. The summed E-state index contributed by atoms with van der Waals surface area (Å²) in [5.41, 5.74) is 2.07. The van der Waals surface area contributed by atoms with E-state index >= 15 is 0 Å². The van der Waals surface area contributed by atoms with Crippen LogP contribution in [0, 0.1) is 5.41 Å². The van der Waals surface area contributed by atoms with Crippen molar-refractivity contribution in [3.63, 3.8) is 0 Å². The van der Waals surface area contributed by atoms with E-state index in [0.717, 1.165) is 27.2 Å². The number of hydrogen-bond donors (Lipinski definition) is 1. The number of halogens is 2. The van der Waals surface area contributed by atoms with E-state index in [1.807, 2.05) is 48.5 Å². The number of aliphatic carboxylic acids is 1. The molecule has 7 heteroatoms. The van der Waals surface area contributed by atoms with Crippen molar-refractivity contribution in [3.8, 4) is 11.1 Å². The molecule has 2 aromatic rings. The van der Waals surface area contributed by atoms with E-state index in [2.05, 4.69) is 0 Å². The van der Waals surface area contributed by atoms with Crippen molar-refractivity contribution in [2.45, 2.75) is 12.3 Å². The third-order valence-electron chi connectivity index (χ3n) is 5.38. The summed E-state index contributed by atoms with van der Waals surface area (Å²) >= 11 is 0. The van der Waals surface area contributed by atoms with Gasteiger partial charge in [-0.3, -0.25) is 4.79 Å². The Morgan fingerprint density at radius 2 is 1.59 bits per heavy atom. The summed E-state index contributed by atoms with van der Waals surface area (Å²) in [5.74, 6) is -1.73. The van der Waals surface area contributed by atoms with E-state index in [1.165, 1.54) is 0 Å². The van der Waals surface area contributed by atoms with Crippen molar-refractivity contribution in [2.24, 2.45) is 5.41 Å². The second-order valence-corrected chi connectivity index (χ2v) is 6.92. The minimum atomic E-state index is -3.03. The van der Waals surface area contributed by atoms with Gasteiger partial charge in [-0.1, -0.05) is 48.5 Å². The van der Waals surface area contributed by atoms with Crippen molar-refractivity contribution < 1.29 is 28.2 Å². The molecule has 140 valence electrons. The molecule has 1 heterocycles. The second-order valence-electron chi connectivity index (χ2n) is 6.92. The molecule has 0 spiro atoms. The van der Waals surface area contributed by atoms with Gasteiger partial charge in [-0.25, -0.2) is 13.6 Å². The van der Waals surface area contributed by atoms with E-state index in [9.17, 15) is 18.4 Å². The molecule has 0 unspecified atom stereocenters. The Bertz CT molecular complexity index is 863. The number of fused-ring (bicyclic) bond motifs is 3. The zero-order chi connectivity index (χ0) is 19.2. The number of rotatable bonds is 4. The maximum absolute atomic E-state index is 13.0. The lowest BCUT2D eigenvalue weighted by Gasteiger charge is -2.45. The van der Waals surface area contributed by atoms with Gasteiger partial charge in [0.1, 0.15) is 6.61 Å². The number of amides is 1. The second kappa shape index (κ2) is 6.33. The first-order valence-electron chi connectivity index (χ1n) is 8.55. The number of hydrogen-bond acceptors (Lipinski definition) is 3. The molecule has 0 bridgehead atoms. The van der Waals surface area contributed by atoms with E-state index in [0.29, 0.717) is 0 Å². The Labute approximate surface area is 154 Å². The fraction of sp³-hybridized carbons (Fsp3) is 0.300. The van der Waals surface area contributed by atoms with Gasteiger partial charge >= 0.3 is 12.1 Å². The van der Waals surface area contributed by atoms with Crippen molar-refractivity contribution in [1.29, 1.82) is 0 Å². The number of alkyl halides is 2. The minimum Gasteiger partial charge on any atom is -0.481 e. The quantitative estimate of drug-likeness (QED) is 0.890. The average Bonchev–Trinajstić information content (AvgIpc) is 2.92. The number of ether oxygens (including phenoxy) is 1. The van der Waals surface area contributed by atoms with Crippen LogP contribution >= 0.6 is 0 Å². The molecule has 2 aromatic carbocycles. The first-order chi connectivity index (χ1) is 12.9. The number of carbonyl (C=O) groups is 2. The molecular formula is C20H17F2NO4. The fourth-order valence-corrected chi connectivity index (χ4v) is 3.82. The van der Waals surface area contributed by atoms with Crippen molar-refractivity contribution >= 4 is 12.1 Å².